The van der Waals surface area contributed by atoms with Gasteiger partial charge in [0, 0.05) is 7.11 Å². The smallest absolute Gasteiger partial charge is 0.359 e. The molecule has 0 bridgehead atoms. The van der Waals surface area contributed by atoms with Crippen molar-refractivity contribution in [2.75, 3.05) is 14.2 Å². The predicted octanol–water partition coefficient (Wildman–Crippen LogP) is -0.332. The Labute approximate surface area is 59.8 Å². The monoisotopic (exact) mass is 142 g/mol. The Bertz CT molecular complexity index is 138. The van der Waals surface area contributed by atoms with Crippen LogP contribution in [0.3, 0.4) is 0 Å². The van der Waals surface area contributed by atoms with Crippen LogP contribution in [-0.2, 0) is 14.3 Å². The maximum atomic E-state index is 10.6. The summed E-state index contributed by atoms with van der Waals surface area (Å²) in [5.41, 5.74) is 0. The van der Waals surface area contributed by atoms with Crippen LogP contribution in [0.1, 0.15) is 0 Å². The van der Waals surface area contributed by atoms with Crippen molar-refractivity contribution in [3.8, 4) is 0 Å². The van der Waals surface area contributed by atoms with Crippen molar-refractivity contribution in [3.05, 3.63) is 0 Å². The van der Waals surface area contributed by atoms with Crippen molar-refractivity contribution in [3.63, 3.8) is 0 Å². The third-order valence-corrected chi connectivity index (χ3v) is 0.798. The standard InChI is InChI=1S/C4H7BN2O3/c1-9-3(6-7-5)4(8)10-2/h3H,1-2H3. The maximum Gasteiger partial charge on any atom is 0.359 e. The lowest BCUT2D eigenvalue weighted by molar-refractivity contribution is -0.151. The van der Waals surface area contributed by atoms with E-state index in [2.05, 4.69) is 27.6 Å². The summed E-state index contributed by atoms with van der Waals surface area (Å²) in [4.78, 5) is 10.6. The van der Waals surface area contributed by atoms with E-state index in [0.29, 0.717) is 0 Å². The molecule has 2 radical (unpaired) electrons. The first-order valence-electron chi connectivity index (χ1n) is 2.47. The minimum Gasteiger partial charge on any atom is -0.466 e. The molecule has 0 amide bonds. The second-order valence-corrected chi connectivity index (χ2v) is 1.34. The molecule has 0 aromatic carbocycles. The Kier molecular flexibility index (Phi) is 4.48. The number of hydrogen-bond donors (Lipinski definition) is 0. The van der Waals surface area contributed by atoms with Crippen molar-refractivity contribution < 1.29 is 14.3 Å². The number of nitrogens with zero attached hydrogens (tertiary/aromatic N) is 2. The molecular weight excluding hydrogens is 135 g/mol. The molecule has 0 aliphatic rings. The highest BCUT2D eigenvalue weighted by Crippen LogP contribution is 1.94. The highest BCUT2D eigenvalue weighted by Gasteiger charge is 2.15. The molecule has 6 heteroatoms. The van der Waals surface area contributed by atoms with Gasteiger partial charge >= 0.3 is 5.97 Å². The molecule has 0 aliphatic carbocycles. The van der Waals surface area contributed by atoms with Crippen LogP contribution in [0.2, 0.25) is 0 Å². The molecular formula is C4H7BN2O3. The first-order valence-corrected chi connectivity index (χ1v) is 2.47. The fourth-order valence-corrected chi connectivity index (χ4v) is 0.352. The van der Waals surface area contributed by atoms with E-state index in [1.54, 1.807) is 0 Å². The number of hydrogen-bond acceptors (Lipinski definition) is 5. The zero-order valence-corrected chi connectivity index (χ0v) is 5.77. The molecule has 0 saturated carbocycles. The van der Waals surface area contributed by atoms with E-state index in [9.17, 15) is 4.79 Å². The van der Waals surface area contributed by atoms with Gasteiger partial charge in [-0.1, -0.05) is 0 Å². The van der Waals surface area contributed by atoms with Crippen LogP contribution in [-0.4, -0.2) is 34.4 Å². The molecule has 0 N–H and O–H groups in total. The quantitative estimate of drug-likeness (QED) is 0.307. The van der Waals surface area contributed by atoms with Crippen LogP contribution in [0.15, 0.2) is 10.1 Å². The van der Waals surface area contributed by atoms with E-state index < -0.39 is 12.2 Å². The lowest BCUT2D eigenvalue weighted by Gasteiger charge is -2.04. The minimum absolute atomic E-state index is 0.628. The van der Waals surface area contributed by atoms with Crippen LogP contribution in [0.4, 0.5) is 0 Å². The minimum atomic E-state index is -1.05. The van der Waals surface area contributed by atoms with Gasteiger partial charge in [0.2, 0.25) is 0 Å². The third kappa shape index (κ3) is 2.59. The molecule has 5 nitrogen and oxygen atoms in total. The molecule has 0 aromatic heterocycles. The summed E-state index contributed by atoms with van der Waals surface area (Å²) in [6.07, 6.45) is -1.05. The zero-order chi connectivity index (χ0) is 7.98. The molecule has 0 aliphatic heterocycles. The van der Waals surface area contributed by atoms with Gasteiger partial charge in [0.25, 0.3) is 14.2 Å². The van der Waals surface area contributed by atoms with Crippen molar-refractivity contribution in [2.24, 2.45) is 10.1 Å². The van der Waals surface area contributed by atoms with Crippen LogP contribution in [0.25, 0.3) is 0 Å². The molecule has 0 saturated heterocycles. The van der Waals surface area contributed by atoms with Gasteiger partial charge in [-0.15, -0.1) is 0 Å². The summed E-state index contributed by atoms with van der Waals surface area (Å²) in [5.74, 6) is -0.628. The van der Waals surface area contributed by atoms with Crippen molar-refractivity contribution in [1.82, 2.24) is 0 Å². The molecule has 54 valence electrons. The Balaban J connectivity index is 3.93. The van der Waals surface area contributed by atoms with Gasteiger partial charge in [0.15, 0.2) is 0 Å². The van der Waals surface area contributed by atoms with Crippen LogP contribution in [0, 0.1) is 0 Å². The number of methoxy groups -OCH3 is 2. The third-order valence-electron chi connectivity index (χ3n) is 0.798. The highest BCUT2D eigenvalue weighted by atomic mass is 16.6. The number of carbonyl (C=O) groups excluding carboxylic acids is 1. The van der Waals surface area contributed by atoms with Gasteiger partial charge in [-0.25, -0.2) is 4.79 Å². The molecule has 0 heterocycles. The van der Waals surface area contributed by atoms with Gasteiger partial charge in [-0.05, 0) is 0 Å². The average molecular weight is 142 g/mol. The number of ether oxygens (including phenoxy) is 2. The van der Waals surface area contributed by atoms with Crippen molar-refractivity contribution >= 4 is 14.0 Å². The lowest BCUT2D eigenvalue weighted by Crippen LogP contribution is -2.21. The van der Waals surface area contributed by atoms with E-state index in [1.807, 2.05) is 0 Å². The molecule has 0 aromatic rings. The number of carbonyl (C=O) groups is 1. The maximum absolute atomic E-state index is 10.6. The Morgan fingerprint density at radius 3 is 2.50 bits per heavy atom. The lowest BCUT2D eigenvalue weighted by atomic mass is 10.5. The largest absolute Gasteiger partial charge is 0.466 e. The normalized spacial score (nSPS) is 13.4. The second kappa shape index (κ2) is 4.93. The number of esters is 1. The van der Waals surface area contributed by atoms with Gasteiger partial charge in [-0.3, -0.25) is 5.03 Å². The summed E-state index contributed by atoms with van der Waals surface area (Å²) >= 11 is 0. The molecule has 1 unspecified atom stereocenters. The predicted molar refractivity (Wildman–Crippen MR) is 33.4 cm³/mol. The molecule has 1 atom stereocenters. The second-order valence-electron chi connectivity index (χ2n) is 1.34. The van der Waals surface area contributed by atoms with Crippen molar-refractivity contribution in [1.29, 1.82) is 0 Å². The van der Waals surface area contributed by atoms with E-state index >= 15 is 0 Å². The van der Waals surface area contributed by atoms with Gasteiger partial charge in [-0.2, -0.15) is 5.11 Å². The summed E-state index contributed by atoms with van der Waals surface area (Å²) in [7, 11) is 7.19. The molecule has 0 fully saturated rings. The highest BCUT2D eigenvalue weighted by molar-refractivity contribution is 6.04. The Morgan fingerprint density at radius 2 is 2.20 bits per heavy atom. The first-order chi connectivity index (χ1) is 4.76. The number of rotatable bonds is 3. The van der Waals surface area contributed by atoms with E-state index in [4.69, 9.17) is 0 Å². The Hall–Kier alpha value is -0.905. The van der Waals surface area contributed by atoms with E-state index in [0.717, 1.165) is 0 Å². The SMILES string of the molecule is [B]N=NC(OC)C(=O)OC. The zero-order valence-electron chi connectivity index (χ0n) is 5.77. The molecule has 10 heavy (non-hydrogen) atoms. The van der Waals surface area contributed by atoms with Gasteiger partial charge in [0.05, 0.1) is 7.11 Å². The van der Waals surface area contributed by atoms with Crippen LogP contribution in [0.5, 0.6) is 0 Å². The summed E-state index contributed by atoms with van der Waals surface area (Å²) in [6.45, 7) is 0. The van der Waals surface area contributed by atoms with E-state index in [1.165, 1.54) is 14.2 Å². The molecule has 0 spiro atoms. The van der Waals surface area contributed by atoms with Gasteiger partial charge in [0.1, 0.15) is 0 Å². The Morgan fingerprint density at radius 1 is 1.60 bits per heavy atom. The van der Waals surface area contributed by atoms with Crippen LogP contribution < -0.4 is 0 Å². The van der Waals surface area contributed by atoms with Gasteiger partial charge < -0.3 is 9.47 Å². The summed E-state index contributed by atoms with van der Waals surface area (Å²) < 4.78 is 8.81. The first kappa shape index (κ1) is 9.09. The fraction of sp³-hybridized carbons (Fsp3) is 0.750. The average Bonchev–Trinajstić information content (AvgIpc) is 1.99. The summed E-state index contributed by atoms with van der Waals surface area (Å²) in [6, 6.07) is 0. The van der Waals surface area contributed by atoms with Crippen LogP contribution >= 0.6 is 0 Å². The van der Waals surface area contributed by atoms with E-state index in [-0.39, 0.29) is 0 Å². The molecule has 0 rings (SSSR count). The fourth-order valence-electron chi connectivity index (χ4n) is 0.352. The van der Waals surface area contributed by atoms with Crippen molar-refractivity contribution in [2.45, 2.75) is 6.23 Å². The topological polar surface area (TPSA) is 60.2 Å². The summed E-state index contributed by atoms with van der Waals surface area (Å²) in [5, 5.41) is 6.09.